The molecule has 1 N–H and O–H groups in total. The Balaban J connectivity index is 1.44. The molecule has 1 aliphatic carbocycles. The van der Waals surface area contributed by atoms with E-state index in [0.717, 1.165) is 31.7 Å². The molecule has 0 unspecified atom stereocenters. The predicted octanol–water partition coefficient (Wildman–Crippen LogP) is 1.25. The number of nitrogens with one attached hydrogen (secondary N) is 1. The molecule has 2 aliphatic rings. The maximum absolute atomic E-state index is 12.8. The first-order valence-electron chi connectivity index (χ1n) is 9.33. The van der Waals surface area contributed by atoms with Crippen LogP contribution in [0.15, 0.2) is 35.3 Å². The van der Waals surface area contributed by atoms with E-state index in [0.29, 0.717) is 37.2 Å². The Labute approximate surface area is 157 Å². The molecule has 0 aromatic carbocycles. The highest BCUT2D eigenvalue weighted by atomic mass is 16.2. The quantitative estimate of drug-likeness (QED) is 0.883. The average molecular weight is 366 g/mol. The number of carbonyl (C=O) groups is 2. The molecule has 2 aromatic rings. The number of H-pyrrole nitrogens is 1. The number of fused-ring (bicyclic) bond motifs is 1. The first kappa shape index (κ1) is 17.6. The Morgan fingerprint density at radius 2 is 1.93 bits per heavy atom. The third-order valence-corrected chi connectivity index (χ3v) is 5.26. The SMILES string of the molecule is O=C1CCCc2[nH]c(=O)c(C(=O)N3CCN(Cc4ccccn4)CC3)cc21. The molecule has 0 saturated carbocycles. The second-order valence-corrected chi connectivity index (χ2v) is 7.07. The molecule has 1 amide bonds. The summed E-state index contributed by atoms with van der Waals surface area (Å²) < 4.78 is 0. The van der Waals surface area contributed by atoms with Crippen LogP contribution in [-0.4, -0.2) is 57.6 Å². The lowest BCUT2D eigenvalue weighted by molar-refractivity contribution is 0.0625. The predicted molar refractivity (Wildman–Crippen MR) is 99.7 cm³/mol. The van der Waals surface area contributed by atoms with Gasteiger partial charge in [-0.1, -0.05) is 6.07 Å². The lowest BCUT2D eigenvalue weighted by Crippen LogP contribution is -2.49. The first-order chi connectivity index (χ1) is 13.1. The molecular weight excluding hydrogens is 344 g/mol. The average Bonchev–Trinajstić information content (AvgIpc) is 2.69. The van der Waals surface area contributed by atoms with E-state index >= 15 is 0 Å². The normalized spacial score (nSPS) is 17.6. The molecule has 0 atom stereocenters. The maximum Gasteiger partial charge on any atom is 0.261 e. The Kier molecular flexibility index (Phi) is 4.85. The summed E-state index contributed by atoms with van der Waals surface area (Å²) in [6.45, 7) is 3.30. The van der Waals surface area contributed by atoms with Gasteiger partial charge in [-0.2, -0.15) is 0 Å². The number of hydrogen-bond donors (Lipinski definition) is 1. The summed E-state index contributed by atoms with van der Waals surface area (Å²) in [5, 5.41) is 0. The highest BCUT2D eigenvalue weighted by Gasteiger charge is 2.27. The van der Waals surface area contributed by atoms with Crippen molar-refractivity contribution < 1.29 is 9.59 Å². The van der Waals surface area contributed by atoms with E-state index in [1.165, 1.54) is 6.07 Å². The zero-order chi connectivity index (χ0) is 18.8. The number of Topliss-reactive ketones (excluding diaryl/α,β-unsaturated/α-hetero) is 1. The van der Waals surface area contributed by atoms with Gasteiger partial charge in [0.05, 0.1) is 5.69 Å². The van der Waals surface area contributed by atoms with Gasteiger partial charge in [-0.15, -0.1) is 0 Å². The zero-order valence-corrected chi connectivity index (χ0v) is 15.1. The van der Waals surface area contributed by atoms with E-state index in [9.17, 15) is 14.4 Å². The number of ketones is 1. The number of amides is 1. The molecule has 7 nitrogen and oxygen atoms in total. The molecular formula is C20H22N4O3. The van der Waals surface area contributed by atoms with Crippen LogP contribution in [0.2, 0.25) is 0 Å². The van der Waals surface area contributed by atoms with E-state index in [4.69, 9.17) is 0 Å². The number of aromatic nitrogens is 2. The fourth-order valence-electron chi connectivity index (χ4n) is 3.73. The standard InChI is InChI=1S/C20H22N4O3/c25-18-6-3-5-17-15(18)12-16(19(26)22-17)20(27)24-10-8-23(9-11-24)13-14-4-1-2-7-21-14/h1-2,4,7,12H,3,5-6,8-11,13H2,(H,22,26). The van der Waals surface area contributed by atoms with Crippen molar-refractivity contribution in [3.05, 3.63) is 63.3 Å². The number of aryl methyl sites for hydroxylation is 1. The fraction of sp³-hybridized carbons (Fsp3) is 0.400. The molecule has 27 heavy (non-hydrogen) atoms. The number of piperazine rings is 1. The summed E-state index contributed by atoms with van der Waals surface area (Å²) >= 11 is 0. The number of carbonyl (C=O) groups excluding carboxylic acids is 2. The van der Waals surface area contributed by atoms with Crippen LogP contribution >= 0.6 is 0 Å². The number of hydrogen-bond acceptors (Lipinski definition) is 5. The lowest BCUT2D eigenvalue weighted by atomic mass is 9.93. The smallest absolute Gasteiger partial charge is 0.261 e. The van der Waals surface area contributed by atoms with E-state index in [1.54, 1.807) is 11.1 Å². The van der Waals surface area contributed by atoms with Gasteiger partial charge in [0.1, 0.15) is 5.56 Å². The van der Waals surface area contributed by atoms with Crippen LogP contribution in [-0.2, 0) is 13.0 Å². The van der Waals surface area contributed by atoms with Gasteiger partial charge in [0.15, 0.2) is 5.78 Å². The molecule has 0 bridgehead atoms. The highest BCUT2D eigenvalue weighted by Crippen LogP contribution is 2.19. The molecule has 7 heteroatoms. The number of nitrogens with zero attached hydrogens (tertiary/aromatic N) is 3. The molecule has 1 saturated heterocycles. The summed E-state index contributed by atoms with van der Waals surface area (Å²) in [7, 11) is 0. The minimum absolute atomic E-state index is 0.00160. The van der Waals surface area contributed by atoms with Gasteiger partial charge in [0.25, 0.3) is 11.5 Å². The molecule has 1 aliphatic heterocycles. The van der Waals surface area contributed by atoms with Crippen molar-refractivity contribution >= 4 is 11.7 Å². The van der Waals surface area contributed by atoms with Crippen molar-refractivity contribution in [2.24, 2.45) is 0 Å². The molecule has 4 rings (SSSR count). The fourth-order valence-corrected chi connectivity index (χ4v) is 3.73. The monoisotopic (exact) mass is 366 g/mol. The van der Waals surface area contributed by atoms with Gasteiger partial charge in [-0.25, -0.2) is 0 Å². The third kappa shape index (κ3) is 3.68. The van der Waals surface area contributed by atoms with Crippen molar-refractivity contribution in [3.63, 3.8) is 0 Å². The van der Waals surface area contributed by atoms with Crippen molar-refractivity contribution in [1.82, 2.24) is 19.8 Å². The van der Waals surface area contributed by atoms with Crippen molar-refractivity contribution in [1.29, 1.82) is 0 Å². The van der Waals surface area contributed by atoms with Crippen LogP contribution in [0.3, 0.4) is 0 Å². The molecule has 3 heterocycles. The van der Waals surface area contributed by atoms with Gasteiger partial charge >= 0.3 is 0 Å². The topological polar surface area (TPSA) is 86.4 Å². The van der Waals surface area contributed by atoms with Crippen molar-refractivity contribution in [3.8, 4) is 0 Å². The van der Waals surface area contributed by atoms with Crippen LogP contribution in [0.1, 0.15) is 44.9 Å². The van der Waals surface area contributed by atoms with Crippen LogP contribution in [0.4, 0.5) is 0 Å². The summed E-state index contributed by atoms with van der Waals surface area (Å²) in [5.74, 6) is -0.295. The van der Waals surface area contributed by atoms with Gasteiger partial charge < -0.3 is 9.88 Å². The Hall–Kier alpha value is -2.80. The van der Waals surface area contributed by atoms with Crippen molar-refractivity contribution in [2.75, 3.05) is 26.2 Å². The summed E-state index contributed by atoms with van der Waals surface area (Å²) in [5.41, 5.74) is 1.83. The van der Waals surface area contributed by atoms with E-state index < -0.39 is 5.56 Å². The van der Waals surface area contributed by atoms with Gasteiger partial charge in [-0.3, -0.25) is 24.3 Å². The van der Waals surface area contributed by atoms with Crippen LogP contribution < -0.4 is 5.56 Å². The zero-order valence-electron chi connectivity index (χ0n) is 15.1. The molecule has 0 radical (unpaired) electrons. The molecule has 2 aromatic heterocycles. The maximum atomic E-state index is 12.8. The highest BCUT2D eigenvalue weighted by molar-refractivity contribution is 6.01. The summed E-state index contributed by atoms with van der Waals surface area (Å²) in [6, 6.07) is 7.34. The summed E-state index contributed by atoms with van der Waals surface area (Å²) in [6.07, 6.45) is 3.67. The third-order valence-electron chi connectivity index (χ3n) is 5.26. The molecule has 1 fully saturated rings. The van der Waals surface area contributed by atoms with Crippen LogP contribution in [0.25, 0.3) is 0 Å². The van der Waals surface area contributed by atoms with Gasteiger partial charge in [-0.05, 0) is 31.0 Å². The second kappa shape index (κ2) is 7.44. The minimum Gasteiger partial charge on any atom is -0.336 e. The van der Waals surface area contributed by atoms with E-state index in [2.05, 4.69) is 14.9 Å². The largest absolute Gasteiger partial charge is 0.336 e. The Morgan fingerprint density at radius 3 is 2.67 bits per heavy atom. The first-order valence-corrected chi connectivity index (χ1v) is 9.33. The number of pyridine rings is 2. The Morgan fingerprint density at radius 1 is 1.11 bits per heavy atom. The number of aromatic amines is 1. The van der Waals surface area contributed by atoms with E-state index in [1.807, 2.05) is 18.2 Å². The van der Waals surface area contributed by atoms with Gasteiger partial charge in [0, 0.05) is 56.6 Å². The minimum atomic E-state index is -0.399. The van der Waals surface area contributed by atoms with Gasteiger partial charge in [0.2, 0.25) is 0 Å². The van der Waals surface area contributed by atoms with E-state index in [-0.39, 0.29) is 17.3 Å². The van der Waals surface area contributed by atoms with Crippen LogP contribution in [0.5, 0.6) is 0 Å². The van der Waals surface area contributed by atoms with Crippen LogP contribution in [0, 0.1) is 0 Å². The lowest BCUT2D eigenvalue weighted by Gasteiger charge is -2.34. The van der Waals surface area contributed by atoms with Crippen molar-refractivity contribution in [2.45, 2.75) is 25.8 Å². The molecule has 0 spiro atoms. The molecule has 140 valence electrons. The summed E-state index contributed by atoms with van der Waals surface area (Å²) in [4.78, 5) is 48.3. The second-order valence-electron chi connectivity index (χ2n) is 7.07. The number of rotatable bonds is 3. The Bertz CT molecular complexity index is 915.